The smallest absolute Gasteiger partial charge is 0.351 e. The fraction of sp³-hybridized carbons (Fsp3) is 0.300. The van der Waals surface area contributed by atoms with Gasteiger partial charge in [-0.1, -0.05) is 35.9 Å². The predicted octanol–water partition coefficient (Wildman–Crippen LogP) is 4.46. The SMILES string of the molecule is CN1C(=O)N(c2ccccc2)[C@@](C)(NOC(=O)Nc2cccc(Cl)c2)C1(C)C. The Morgan fingerprint density at radius 3 is 2.39 bits per heavy atom. The van der Waals surface area contributed by atoms with Crippen LogP contribution in [0.2, 0.25) is 5.02 Å². The Labute approximate surface area is 169 Å². The maximum atomic E-state index is 13.0. The molecular weight excluding hydrogens is 380 g/mol. The number of anilines is 2. The lowest BCUT2D eigenvalue weighted by Crippen LogP contribution is -2.65. The van der Waals surface area contributed by atoms with Crippen LogP contribution in [0.4, 0.5) is 21.0 Å². The van der Waals surface area contributed by atoms with Crippen molar-refractivity contribution in [2.24, 2.45) is 0 Å². The Morgan fingerprint density at radius 2 is 1.75 bits per heavy atom. The highest BCUT2D eigenvalue weighted by Gasteiger charge is 2.60. The number of carbonyl (C=O) groups excluding carboxylic acids is 2. The molecule has 0 saturated carbocycles. The van der Waals surface area contributed by atoms with Crippen molar-refractivity contribution in [2.45, 2.75) is 32.0 Å². The summed E-state index contributed by atoms with van der Waals surface area (Å²) in [4.78, 5) is 33.7. The summed E-state index contributed by atoms with van der Waals surface area (Å²) in [6.45, 7) is 5.62. The third-order valence-corrected chi connectivity index (χ3v) is 5.62. The number of para-hydroxylation sites is 1. The molecule has 1 saturated heterocycles. The number of nitrogens with one attached hydrogen (secondary N) is 2. The van der Waals surface area contributed by atoms with E-state index in [-0.39, 0.29) is 6.03 Å². The van der Waals surface area contributed by atoms with E-state index in [1.54, 1.807) is 41.1 Å². The van der Waals surface area contributed by atoms with Gasteiger partial charge in [-0.25, -0.2) is 9.59 Å². The summed E-state index contributed by atoms with van der Waals surface area (Å²) in [6.07, 6.45) is -0.714. The first kappa shape index (κ1) is 20.0. The summed E-state index contributed by atoms with van der Waals surface area (Å²) >= 11 is 5.93. The number of rotatable bonds is 4. The Balaban J connectivity index is 1.82. The highest BCUT2D eigenvalue weighted by Crippen LogP contribution is 2.41. The van der Waals surface area contributed by atoms with Crippen molar-refractivity contribution < 1.29 is 14.4 Å². The van der Waals surface area contributed by atoms with Crippen LogP contribution in [0.1, 0.15) is 20.8 Å². The number of amides is 3. The first-order valence-electron chi connectivity index (χ1n) is 8.80. The minimum atomic E-state index is -1.02. The van der Waals surface area contributed by atoms with Gasteiger partial charge in [0.2, 0.25) is 0 Å². The van der Waals surface area contributed by atoms with Gasteiger partial charge < -0.3 is 9.74 Å². The molecule has 2 aromatic carbocycles. The molecule has 0 unspecified atom stereocenters. The van der Waals surface area contributed by atoms with Gasteiger partial charge >= 0.3 is 12.1 Å². The average Bonchev–Trinajstić information content (AvgIpc) is 2.79. The second-order valence-electron chi connectivity index (χ2n) is 7.27. The van der Waals surface area contributed by atoms with E-state index in [1.165, 1.54) is 0 Å². The van der Waals surface area contributed by atoms with Crippen LogP contribution in [-0.4, -0.2) is 35.3 Å². The van der Waals surface area contributed by atoms with Gasteiger partial charge in [-0.05, 0) is 51.1 Å². The molecule has 3 amide bonds. The van der Waals surface area contributed by atoms with Crippen LogP contribution in [0, 0.1) is 0 Å². The van der Waals surface area contributed by atoms with Crippen LogP contribution in [0.15, 0.2) is 54.6 Å². The minimum absolute atomic E-state index is 0.204. The lowest BCUT2D eigenvalue weighted by atomic mass is 9.89. The van der Waals surface area contributed by atoms with Crippen molar-refractivity contribution in [1.82, 2.24) is 10.4 Å². The van der Waals surface area contributed by atoms with Gasteiger partial charge in [0.15, 0.2) is 5.66 Å². The van der Waals surface area contributed by atoms with Crippen LogP contribution in [0.25, 0.3) is 0 Å². The minimum Gasteiger partial charge on any atom is -0.351 e. The third kappa shape index (κ3) is 3.39. The molecule has 3 rings (SSSR count). The molecule has 148 valence electrons. The molecule has 0 aromatic heterocycles. The highest BCUT2D eigenvalue weighted by molar-refractivity contribution is 6.30. The summed E-state index contributed by atoms with van der Waals surface area (Å²) in [5.74, 6) is 0. The molecule has 1 aliphatic rings. The van der Waals surface area contributed by atoms with E-state index in [2.05, 4.69) is 10.8 Å². The van der Waals surface area contributed by atoms with Gasteiger partial charge in [-0.2, -0.15) is 0 Å². The lowest BCUT2D eigenvalue weighted by Gasteiger charge is -2.42. The number of urea groups is 1. The lowest BCUT2D eigenvalue weighted by molar-refractivity contribution is 0.00468. The first-order chi connectivity index (χ1) is 13.2. The summed E-state index contributed by atoms with van der Waals surface area (Å²) in [5, 5.41) is 3.10. The predicted molar refractivity (Wildman–Crippen MR) is 109 cm³/mol. The van der Waals surface area contributed by atoms with E-state index in [0.717, 1.165) is 0 Å². The monoisotopic (exact) mass is 402 g/mol. The zero-order valence-corrected chi connectivity index (χ0v) is 16.9. The van der Waals surface area contributed by atoms with E-state index in [0.29, 0.717) is 16.4 Å². The van der Waals surface area contributed by atoms with Crippen molar-refractivity contribution >= 4 is 35.1 Å². The molecule has 0 spiro atoms. The van der Waals surface area contributed by atoms with E-state index >= 15 is 0 Å². The maximum absolute atomic E-state index is 13.0. The summed E-state index contributed by atoms with van der Waals surface area (Å²) in [6, 6.07) is 15.8. The number of carbonyl (C=O) groups is 2. The Kier molecular flexibility index (Phi) is 5.23. The maximum Gasteiger partial charge on any atom is 0.430 e. The molecular formula is C20H23ClN4O3. The molecule has 7 nitrogen and oxygen atoms in total. The second kappa shape index (κ2) is 7.33. The Hall–Kier alpha value is -2.77. The number of nitrogens with zero attached hydrogens (tertiary/aromatic N) is 2. The summed E-state index contributed by atoms with van der Waals surface area (Å²) in [5.41, 5.74) is 2.30. The number of hydrogen-bond donors (Lipinski definition) is 2. The fourth-order valence-corrected chi connectivity index (χ4v) is 3.34. The van der Waals surface area contributed by atoms with Crippen LogP contribution < -0.4 is 15.7 Å². The summed E-state index contributed by atoms with van der Waals surface area (Å²) < 4.78 is 0. The molecule has 8 heteroatoms. The van der Waals surface area contributed by atoms with Crippen molar-refractivity contribution in [1.29, 1.82) is 0 Å². The van der Waals surface area contributed by atoms with Gasteiger partial charge in [0.25, 0.3) is 0 Å². The van der Waals surface area contributed by atoms with E-state index in [9.17, 15) is 9.59 Å². The van der Waals surface area contributed by atoms with Gasteiger partial charge in [-0.15, -0.1) is 5.48 Å². The number of benzene rings is 2. The van der Waals surface area contributed by atoms with Crippen molar-refractivity contribution in [3.8, 4) is 0 Å². The first-order valence-corrected chi connectivity index (χ1v) is 9.18. The van der Waals surface area contributed by atoms with Crippen molar-refractivity contribution in [3.05, 3.63) is 59.6 Å². The van der Waals surface area contributed by atoms with Gasteiger partial charge in [0, 0.05) is 23.4 Å². The molecule has 0 aliphatic carbocycles. The normalized spacial score (nSPS) is 21.0. The number of hydroxylamine groups is 1. The quantitative estimate of drug-likeness (QED) is 0.740. The van der Waals surface area contributed by atoms with Crippen LogP contribution >= 0.6 is 11.6 Å². The molecule has 1 heterocycles. The standard InChI is InChI=1S/C20H23ClN4O3/c1-19(2)20(3,23-28-17(26)22-15-10-8-9-14(21)13-15)25(18(27)24(19)4)16-11-6-5-7-12-16/h5-13,23H,1-4H3,(H,22,26)/t20-/m1/s1. The van der Waals surface area contributed by atoms with Gasteiger partial charge in [-0.3, -0.25) is 10.2 Å². The fourth-order valence-electron chi connectivity index (χ4n) is 3.15. The molecule has 28 heavy (non-hydrogen) atoms. The molecule has 2 N–H and O–H groups in total. The van der Waals surface area contributed by atoms with E-state index in [4.69, 9.17) is 16.4 Å². The molecule has 1 aliphatic heterocycles. The average molecular weight is 403 g/mol. The second-order valence-corrected chi connectivity index (χ2v) is 7.71. The molecule has 0 bridgehead atoms. The van der Waals surface area contributed by atoms with Crippen molar-refractivity contribution in [2.75, 3.05) is 17.3 Å². The zero-order chi connectivity index (χ0) is 20.5. The van der Waals surface area contributed by atoms with Crippen LogP contribution in [0.5, 0.6) is 0 Å². The highest BCUT2D eigenvalue weighted by atomic mass is 35.5. The number of hydrogen-bond acceptors (Lipinski definition) is 4. The topological polar surface area (TPSA) is 73.9 Å². The summed E-state index contributed by atoms with van der Waals surface area (Å²) in [7, 11) is 1.72. The number of halogens is 1. The molecule has 1 fully saturated rings. The zero-order valence-electron chi connectivity index (χ0n) is 16.2. The van der Waals surface area contributed by atoms with Gasteiger partial charge in [0.1, 0.15) is 0 Å². The van der Waals surface area contributed by atoms with Crippen molar-refractivity contribution in [3.63, 3.8) is 0 Å². The molecule has 0 radical (unpaired) electrons. The van der Waals surface area contributed by atoms with E-state index < -0.39 is 17.3 Å². The molecule has 2 aromatic rings. The van der Waals surface area contributed by atoms with Crippen LogP contribution in [-0.2, 0) is 4.84 Å². The third-order valence-electron chi connectivity index (χ3n) is 5.38. The largest absolute Gasteiger partial charge is 0.430 e. The van der Waals surface area contributed by atoms with Crippen LogP contribution in [0.3, 0.4) is 0 Å². The van der Waals surface area contributed by atoms with E-state index in [1.807, 2.05) is 51.1 Å². The Morgan fingerprint density at radius 1 is 1.07 bits per heavy atom. The van der Waals surface area contributed by atoms with Gasteiger partial charge in [0.05, 0.1) is 5.54 Å². The number of likely N-dealkylation sites (N-methyl/N-ethyl adjacent to an activating group) is 1. The molecule has 1 atom stereocenters. The Bertz CT molecular complexity index is 890.